The summed E-state index contributed by atoms with van der Waals surface area (Å²) in [5.41, 5.74) is 0.220. The van der Waals surface area contributed by atoms with Gasteiger partial charge in [-0.1, -0.05) is 11.2 Å². The molecule has 0 radical (unpaired) electrons. The molecule has 1 aliphatic heterocycles. The number of amides is 1. The number of nitrogens with zero attached hydrogens (tertiary/aromatic N) is 5. The summed E-state index contributed by atoms with van der Waals surface area (Å²) in [6.07, 6.45) is 1.50. The van der Waals surface area contributed by atoms with Crippen LogP contribution in [0.2, 0.25) is 0 Å². The number of likely N-dealkylation sites (tertiary alicyclic amines) is 1. The standard InChI is InChI=1S/C20H25N5O4S/c1-3-24-18(21-25(20(24)27)10-11-28-2)14-6-8-23(9-7-14)19(26)15-13-16(29-22-15)17-5-4-12-30-17/h4-5,12-14H,3,6-11H2,1-2H3. The predicted molar refractivity (Wildman–Crippen MR) is 112 cm³/mol. The highest BCUT2D eigenvalue weighted by Crippen LogP contribution is 2.29. The van der Waals surface area contributed by atoms with Crippen LogP contribution in [-0.2, 0) is 17.8 Å². The summed E-state index contributed by atoms with van der Waals surface area (Å²) in [7, 11) is 1.60. The van der Waals surface area contributed by atoms with E-state index in [0.29, 0.717) is 44.2 Å². The minimum absolute atomic E-state index is 0.105. The van der Waals surface area contributed by atoms with E-state index in [4.69, 9.17) is 9.26 Å². The molecule has 9 nitrogen and oxygen atoms in total. The predicted octanol–water partition coefficient (Wildman–Crippen LogP) is 2.45. The number of rotatable bonds is 7. The number of piperidine rings is 1. The fraction of sp³-hybridized carbons (Fsp3) is 0.500. The molecule has 3 aromatic heterocycles. The molecule has 30 heavy (non-hydrogen) atoms. The first-order chi connectivity index (χ1) is 14.6. The van der Waals surface area contributed by atoms with Crippen molar-refractivity contribution in [2.75, 3.05) is 26.8 Å². The molecule has 1 aliphatic rings. The summed E-state index contributed by atoms with van der Waals surface area (Å²) in [5, 5.41) is 10.5. The second kappa shape index (κ2) is 8.97. The zero-order chi connectivity index (χ0) is 21.1. The number of methoxy groups -OCH3 is 1. The second-order valence-corrected chi connectivity index (χ2v) is 8.17. The van der Waals surface area contributed by atoms with Gasteiger partial charge in [0.2, 0.25) is 0 Å². The van der Waals surface area contributed by atoms with Crippen LogP contribution in [0.25, 0.3) is 10.6 Å². The van der Waals surface area contributed by atoms with Gasteiger partial charge in [0.1, 0.15) is 5.82 Å². The van der Waals surface area contributed by atoms with Crippen molar-refractivity contribution in [3.05, 3.63) is 45.6 Å². The Balaban J connectivity index is 1.43. The summed E-state index contributed by atoms with van der Waals surface area (Å²) in [6.45, 7) is 4.58. The lowest BCUT2D eigenvalue weighted by Gasteiger charge is -2.31. The summed E-state index contributed by atoms with van der Waals surface area (Å²) < 4.78 is 13.6. The average Bonchev–Trinajstić information content (AvgIpc) is 3.52. The molecule has 1 amide bonds. The van der Waals surface area contributed by atoms with Crippen molar-refractivity contribution in [1.82, 2.24) is 24.4 Å². The number of ether oxygens (including phenoxy) is 1. The van der Waals surface area contributed by atoms with E-state index in [1.165, 1.54) is 4.68 Å². The highest BCUT2D eigenvalue weighted by molar-refractivity contribution is 7.13. The zero-order valence-electron chi connectivity index (χ0n) is 17.1. The van der Waals surface area contributed by atoms with Gasteiger partial charge in [-0.3, -0.25) is 9.36 Å². The molecule has 160 valence electrons. The fourth-order valence-corrected chi connectivity index (χ4v) is 4.47. The van der Waals surface area contributed by atoms with Crippen LogP contribution < -0.4 is 5.69 Å². The molecule has 4 rings (SSSR count). The quantitative estimate of drug-likeness (QED) is 0.570. The van der Waals surface area contributed by atoms with Crippen molar-refractivity contribution < 1.29 is 14.1 Å². The van der Waals surface area contributed by atoms with Crippen LogP contribution in [0, 0.1) is 0 Å². The third kappa shape index (κ3) is 3.97. The number of carbonyl (C=O) groups is 1. The van der Waals surface area contributed by atoms with Gasteiger partial charge in [-0.25, -0.2) is 9.48 Å². The minimum atomic E-state index is -0.126. The highest BCUT2D eigenvalue weighted by Gasteiger charge is 2.30. The highest BCUT2D eigenvalue weighted by atomic mass is 32.1. The topological polar surface area (TPSA) is 95.4 Å². The molecule has 3 aromatic rings. The second-order valence-electron chi connectivity index (χ2n) is 7.22. The molecule has 0 aromatic carbocycles. The molecular weight excluding hydrogens is 406 g/mol. The Morgan fingerprint density at radius 1 is 1.37 bits per heavy atom. The van der Waals surface area contributed by atoms with Crippen LogP contribution >= 0.6 is 11.3 Å². The molecule has 0 bridgehead atoms. The maximum Gasteiger partial charge on any atom is 0.345 e. The number of thiophene rings is 1. The van der Waals surface area contributed by atoms with Crippen LogP contribution in [0.15, 0.2) is 32.9 Å². The third-order valence-electron chi connectivity index (χ3n) is 5.42. The molecule has 0 N–H and O–H groups in total. The largest absolute Gasteiger partial charge is 0.383 e. The molecule has 0 saturated carbocycles. The number of hydrogen-bond acceptors (Lipinski definition) is 7. The number of hydrogen-bond donors (Lipinski definition) is 0. The first-order valence-corrected chi connectivity index (χ1v) is 11.0. The Bertz CT molecular complexity index is 1040. The molecule has 0 atom stereocenters. The van der Waals surface area contributed by atoms with Crippen LogP contribution in [0.4, 0.5) is 0 Å². The lowest BCUT2D eigenvalue weighted by Crippen LogP contribution is -2.38. The van der Waals surface area contributed by atoms with Gasteiger partial charge in [-0.2, -0.15) is 5.10 Å². The summed E-state index contributed by atoms with van der Waals surface area (Å²) in [4.78, 5) is 28.1. The van der Waals surface area contributed by atoms with E-state index in [1.54, 1.807) is 34.0 Å². The molecule has 10 heteroatoms. The van der Waals surface area contributed by atoms with E-state index < -0.39 is 0 Å². The van der Waals surface area contributed by atoms with Crippen LogP contribution in [-0.4, -0.2) is 57.1 Å². The van der Waals surface area contributed by atoms with Gasteiger partial charge in [0.25, 0.3) is 5.91 Å². The van der Waals surface area contributed by atoms with Gasteiger partial charge in [-0.15, -0.1) is 11.3 Å². The van der Waals surface area contributed by atoms with Gasteiger partial charge in [0.15, 0.2) is 11.5 Å². The smallest absolute Gasteiger partial charge is 0.345 e. The van der Waals surface area contributed by atoms with E-state index >= 15 is 0 Å². The van der Waals surface area contributed by atoms with Gasteiger partial charge in [-0.05, 0) is 31.2 Å². The number of carbonyl (C=O) groups excluding carboxylic acids is 1. The van der Waals surface area contributed by atoms with Crippen molar-refractivity contribution in [2.24, 2.45) is 0 Å². The maximum atomic E-state index is 12.8. The van der Waals surface area contributed by atoms with Crippen LogP contribution in [0.5, 0.6) is 0 Å². The van der Waals surface area contributed by atoms with Crippen molar-refractivity contribution in [3.63, 3.8) is 0 Å². The zero-order valence-corrected chi connectivity index (χ0v) is 17.9. The summed E-state index contributed by atoms with van der Waals surface area (Å²) in [5.74, 6) is 1.42. The molecule has 1 saturated heterocycles. The van der Waals surface area contributed by atoms with Crippen molar-refractivity contribution in [2.45, 2.75) is 38.8 Å². The molecule has 0 aliphatic carbocycles. The first-order valence-electron chi connectivity index (χ1n) is 10.1. The van der Waals surface area contributed by atoms with Crippen molar-refractivity contribution in [3.8, 4) is 10.6 Å². The van der Waals surface area contributed by atoms with E-state index in [9.17, 15) is 9.59 Å². The Hall–Kier alpha value is -2.72. The monoisotopic (exact) mass is 431 g/mol. The molecule has 0 unspecified atom stereocenters. The minimum Gasteiger partial charge on any atom is -0.383 e. The van der Waals surface area contributed by atoms with Gasteiger partial charge in [0, 0.05) is 38.7 Å². The maximum absolute atomic E-state index is 12.8. The molecule has 4 heterocycles. The Morgan fingerprint density at radius 3 is 2.83 bits per heavy atom. The summed E-state index contributed by atoms with van der Waals surface area (Å²) in [6, 6.07) is 5.57. The Kier molecular flexibility index (Phi) is 6.14. The van der Waals surface area contributed by atoms with E-state index in [2.05, 4.69) is 10.3 Å². The Morgan fingerprint density at radius 2 is 2.17 bits per heavy atom. The normalized spacial score (nSPS) is 15.1. The van der Waals surface area contributed by atoms with Crippen molar-refractivity contribution >= 4 is 17.2 Å². The van der Waals surface area contributed by atoms with E-state index in [-0.39, 0.29) is 17.5 Å². The first kappa shape index (κ1) is 20.5. The third-order valence-corrected chi connectivity index (χ3v) is 6.30. The number of aromatic nitrogens is 4. The van der Waals surface area contributed by atoms with Crippen LogP contribution in [0.3, 0.4) is 0 Å². The van der Waals surface area contributed by atoms with Gasteiger partial charge in [0.05, 0.1) is 18.0 Å². The Labute approximate surface area is 177 Å². The van der Waals surface area contributed by atoms with Gasteiger partial charge >= 0.3 is 5.69 Å². The van der Waals surface area contributed by atoms with E-state index in [1.807, 2.05) is 24.4 Å². The van der Waals surface area contributed by atoms with Crippen molar-refractivity contribution in [1.29, 1.82) is 0 Å². The fourth-order valence-electron chi connectivity index (χ4n) is 3.79. The van der Waals surface area contributed by atoms with Gasteiger partial charge < -0.3 is 14.2 Å². The lowest BCUT2D eigenvalue weighted by atomic mass is 9.95. The average molecular weight is 432 g/mol. The molecule has 1 fully saturated rings. The van der Waals surface area contributed by atoms with E-state index in [0.717, 1.165) is 23.5 Å². The molecular formula is C20H25N5O4S. The SMILES string of the molecule is CCn1c(C2CCN(C(=O)c3cc(-c4cccs4)on3)CC2)nn(CCOC)c1=O. The molecule has 0 spiro atoms. The lowest BCUT2D eigenvalue weighted by molar-refractivity contribution is 0.0699. The summed E-state index contributed by atoms with van der Waals surface area (Å²) >= 11 is 1.54. The van der Waals surface area contributed by atoms with Crippen LogP contribution in [0.1, 0.15) is 42.0 Å².